The van der Waals surface area contributed by atoms with Gasteiger partial charge in [-0.3, -0.25) is 9.35 Å². The predicted molar refractivity (Wildman–Crippen MR) is 114 cm³/mol. The molecular weight excluding hydrogens is 445 g/mol. The number of hydrogen-bond acceptors (Lipinski definition) is 7. The second kappa shape index (κ2) is 10.2. The summed E-state index contributed by atoms with van der Waals surface area (Å²) in [6, 6.07) is 12.2. The van der Waals surface area contributed by atoms with Crippen molar-refractivity contribution < 1.29 is 57.2 Å². The Morgan fingerprint density at radius 2 is 1.69 bits per heavy atom. The van der Waals surface area contributed by atoms with Crippen LogP contribution in [0.3, 0.4) is 0 Å². The van der Waals surface area contributed by atoms with Crippen molar-refractivity contribution in [3.8, 4) is 0 Å². The molecule has 0 saturated heterocycles. The van der Waals surface area contributed by atoms with Crippen molar-refractivity contribution in [2.45, 2.75) is 4.90 Å². The molecule has 0 fully saturated rings. The maximum absolute atomic E-state index is 12.7. The van der Waals surface area contributed by atoms with E-state index in [9.17, 15) is 23.1 Å². The molecule has 32 heavy (non-hydrogen) atoms. The van der Waals surface area contributed by atoms with E-state index in [2.05, 4.69) is 5.10 Å². The monoisotopic (exact) mass is 463 g/mol. The normalized spacial score (nSPS) is 15.1. The molecule has 1 aliphatic rings. The van der Waals surface area contributed by atoms with Gasteiger partial charge in [0.1, 0.15) is 5.71 Å². The average molecular weight is 463 g/mol. The molecule has 0 aliphatic carbocycles. The number of hydrazone groups is 1. The van der Waals surface area contributed by atoms with E-state index < -0.39 is 27.7 Å². The molecule has 160 valence electrons. The molecule has 0 unspecified atom stereocenters. The van der Waals surface area contributed by atoms with Crippen LogP contribution in [0.2, 0.25) is 0 Å². The van der Waals surface area contributed by atoms with Gasteiger partial charge in [-0.05, 0) is 48.0 Å². The van der Waals surface area contributed by atoms with E-state index in [1.807, 2.05) is 43.3 Å². The summed E-state index contributed by atoms with van der Waals surface area (Å²) < 4.78 is 31.4. The number of nitrogens with zero attached hydrogens (tertiary/aromatic N) is 3. The van der Waals surface area contributed by atoms with Crippen LogP contribution in [0.25, 0.3) is 6.08 Å². The third-order valence-corrected chi connectivity index (χ3v) is 5.28. The second-order valence-corrected chi connectivity index (χ2v) is 8.17. The summed E-state index contributed by atoms with van der Waals surface area (Å²) in [5, 5.41) is 16.1. The minimum atomic E-state index is -4.40. The van der Waals surface area contributed by atoms with E-state index in [0.717, 1.165) is 28.4 Å². The van der Waals surface area contributed by atoms with Gasteiger partial charge in [0.05, 0.1) is 22.1 Å². The third kappa shape index (κ3) is 5.72. The van der Waals surface area contributed by atoms with Crippen molar-refractivity contribution in [1.82, 2.24) is 0 Å². The fraction of sp³-hybridized carbons (Fsp3) is 0.0952. The van der Waals surface area contributed by atoms with Crippen molar-refractivity contribution in [3.63, 3.8) is 0 Å². The maximum Gasteiger partial charge on any atom is 1.00 e. The van der Waals surface area contributed by atoms with Gasteiger partial charge in [-0.15, -0.1) is 0 Å². The Bertz CT molecular complexity index is 1220. The molecule has 0 atom stereocenters. The number of hydrogen-bond donors (Lipinski definition) is 1. The van der Waals surface area contributed by atoms with Gasteiger partial charge in [-0.25, -0.2) is 0 Å². The van der Waals surface area contributed by atoms with Gasteiger partial charge in [-0.2, -0.15) is 18.5 Å². The van der Waals surface area contributed by atoms with E-state index in [1.54, 1.807) is 6.08 Å². The van der Waals surface area contributed by atoms with Gasteiger partial charge in [0.2, 0.25) is 0 Å². The van der Waals surface area contributed by atoms with Crippen LogP contribution in [0.15, 0.2) is 76.3 Å². The molecule has 0 aromatic heterocycles. The summed E-state index contributed by atoms with van der Waals surface area (Å²) in [6.07, 6.45) is 4.56. The number of carboxylic acid groups (broad SMARTS) is 1. The van der Waals surface area contributed by atoms with Crippen molar-refractivity contribution >= 4 is 45.2 Å². The van der Waals surface area contributed by atoms with Gasteiger partial charge in [0.15, 0.2) is 0 Å². The van der Waals surface area contributed by atoms with E-state index in [4.69, 9.17) is 4.55 Å². The Hall–Kier alpha value is -2.76. The molecule has 1 amide bonds. The molecular formula is C21H18N3NaO6S. The smallest absolute Gasteiger partial charge is 0.543 e. The number of carbonyl (C=O) groups is 2. The molecule has 11 heteroatoms. The third-order valence-electron chi connectivity index (χ3n) is 4.41. The molecule has 0 radical (unpaired) electrons. The topological polar surface area (TPSA) is 130 Å². The van der Waals surface area contributed by atoms with E-state index in [1.165, 1.54) is 24.3 Å². The molecule has 0 saturated carbocycles. The molecule has 2 aromatic rings. The van der Waals surface area contributed by atoms with Gasteiger partial charge in [0, 0.05) is 19.8 Å². The first-order valence-electron chi connectivity index (χ1n) is 8.96. The van der Waals surface area contributed by atoms with Crippen LogP contribution in [-0.4, -0.2) is 44.7 Å². The van der Waals surface area contributed by atoms with E-state index in [-0.39, 0.29) is 45.7 Å². The Labute approximate surface area is 207 Å². The van der Waals surface area contributed by atoms with Crippen molar-refractivity contribution in [2.75, 3.05) is 24.0 Å². The van der Waals surface area contributed by atoms with Crippen molar-refractivity contribution in [3.05, 3.63) is 71.8 Å². The van der Waals surface area contributed by atoms with Crippen LogP contribution in [0.5, 0.6) is 0 Å². The maximum atomic E-state index is 12.7. The zero-order valence-electron chi connectivity index (χ0n) is 17.6. The molecule has 1 N–H and O–H groups in total. The van der Waals surface area contributed by atoms with Crippen LogP contribution in [0, 0.1) is 0 Å². The van der Waals surface area contributed by atoms with Crippen LogP contribution in [-0.2, 0) is 19.7 Å². The molecule has 9 nitrogen and oxygen atoms in total. The average Bonchev–Trinajstić information content (AvgIpc) is 3.04. The van der Waals surface area contributed by atoms with Crippen LogP contribution in [0.1, 0.15) is 5.56 Å². The van der Waals surface area contributed by atoms with Crippen molar-refractivity contribution in [1.29, 1.82) is 0 Å². The molecule has 1 heterocycles. The van der Waals surface area contributed by atoms with Crippen LogP contribution >= 0.6 is 0 Å². The predicted octanol–water partition coefficient (Wildman–Crippen LogP) is -1.90. The van der Waals surface area contributed by atoms with Gasteiger partial charge >= 0.3 is 29.6 Å². The quantitative estimate of drug-likeness (QED) is 0.301. The van der Waals surface area contributed by atoms with Gasteiger partial charge in [-0.1, -0.05) is 24.3 Å². The molecule has 0 spiro atoms. The number of rotatable bonds is 6. The zero-order valence-corrected chi connectivity index (χ0v) is 20.4. The van der Waals surface area contributed by atoms with Crippen LogP contribution < -0.4 is 44.6 Å². The summed E-state index contributed by atoms with van der Waals surface area (Å²) >= 11 is 0. The Morgan fingerprint density at radius 3 is 2.19 bits per heavy atom. The molecule has 2 aromatic carbocycles. The van der Waals surface area contributed by atoms with Crippen LogP contribution in [0.4, 0.5) is 11.4 Å². The zero-order chi connectivity index (χ0) is 22.8. The molecule has 0 bridgehead atoms. The summed E-state index contributed by atoms with van der Waals surface area (Å²) in [4.78, 5) is 25.7. The fourth-order valence-electron chi connectivity index (χ4n) is 2.79. The van der Waals surface area contributed by atoms with Gasteiger partial charge in [0.25, 0.3) is 16.0 Å². The van der Waals surface area contributed by atoms with Gasteiger partial charge < -0.3 is 14.8 Å². The first kappa shape index (κ1) is 25.5. The summed E-state index contributed by atoms with van der Waals surface area (Å²) in [5.41, 5.74) is 1.26. The van der Waals surface area contributed by atoms with Crippen molar-refractivity contribution in [2.24, 2.45) is 5.10 Å². The number of aliphatic carboxylic acids is 1. The minimum Gasteiger partial charge on any atom is -0.543 e. The Balaban J connectivity index is 0.00000363. The largest absolute Gasteiger partial charge is 1.00 e. The second-order valence-electron chi connectivity index (χ2n) is 6.75. The first-order chi connectivity index (χ1) is 14.6. The standard InChI is InChI=1S/C21H19N3O6S.Na/c1-23(2)15-8-6-14(7-9-15)4-3-5-18-19(21(26)27)22-24(20(18)25)16-10-12-17(13-11-16)31(28,29)30;/h3-13H,1-2H3,(H,26,27)(H,28,29,30);/q;+1/p-1. The Morgan fingerprint density at radius 1 is 1.09 bits per heavy atom. The number of benzene rings is 2. The number of anilines is 2. The first-order valence-corrected chi connectivity index (χ1v) is 10.4. The van der Waals surface area contributed by atoms with E-state index >= 15 is 0 Å². The number of carbonyl (C=O) groups excluding carboxylic acids is 2. The molecule has 1 aliphatic heterocycles. The number of carboxylic acids is 1. The number of amides is 1. The Kier molecular flexibility index (Phi) is 8.16. The number of allylic oxidation sites excluding steroid dienone is 2. The fourth-order valence-corrected chi connectivity index (χ4v) is 3.27. The summed E-state index contributed by atoms with van der Waals surface area (Å²) in [6.45, 7) is 0. The summed E-state index contributed by atoms with van der Waals surface area (Å²) in [5.74, 6) is -2.34. The summed E-state index contributed by atoms with van der Waals surface area (Å²) in [7, 11) is -0.563. The SMILES string of the molecule is CN(C)c1ccc(C=CC=C2C(=O)N(c3ccc(S(=O)(=O)O)cc3)N=C2C(=O)[O-])cc1.[Na+]. The van der Waals surface area contributed by atoms with E-state index in [0.29, 0.717) is 0 Å². The molecule has 3 rings (SSSR count). The minimum absolute atomic E-state index is 0.